The van der Waals surface area contributed by atoms with Crippen LogP contribution < -0.4 is 10.2 Å². The van der Waals surface area contributed by atoms with Gasteiger partial charge in [-0.25, -0.2) is 4.98 Å². The number of allylic oxidation sites excluding steroid dienone is 2. The van der Waals surface area contributed by atoms with Crippen LogP contribution in [0.2, 0.25) is 10.0 Å². The number of nitrogens with one attached hydrogen (secondary N) is 1. The zero-order valence-electron chi connectivity index (χ0n) is 32.7. The molecule has 61 heavy (non-hydrogen) atoms. The van der Waals surface area contributed by atoms with Crippen molar-refractivity contribution in [3.05, 3.63) is 129 Å². The Hall–Kier alpha value is -5.44. The van der Waals surface area contributed by atoms with Crippen molar-refractivity contribution in [1.82, 2.24) is 19.8 Å². The molecule has 4 aromatic rings. The third-order valence-electron chi connectivity index (χ3n) is 13.3. The predicted molar refractivity (Wildman–Crippen MR) is 218 cm³/mol. The number of rotatable bonds is 8. The van der Waals surface area contributed by atoms with Crippen LogP contribution in [0.1, 0.15) is 53.9 Å². The molecule has 4 amide bonds. The fraction of sp³-hybridized carbons (Fsp3) is 0.356. The van der Waals surface area contributed by atoms with E-state index in [0.29, 0.717) is 59.9 Å². The summed E-state index contributed by atoms with van der Waals surface area (Å²) in [6.07, 6.45) is -0.891. The Morgan fingerprint density at radius 2 is 1.64 bits per heavy atom. The number of imide groups is 2. The van der Waals surface area contributed by atoms with E-state index in [9.17, 15) is 27.9 Å². The van der Waals surface area contributed by atoms with Gasteiger partial charge < -0.3 is 9.84 Å². The number of piperidine rings is 1. The van der Waals surface area contributed by atoms with E-state index in [1.165, 1.54) is 29.7 Å². The zero-order chi connectivity index (χ0) is 43.0. The SMILES string of the molecule is COc1cc(O)ccc1[C@H]1C2=CC[C@@H]3C(=O)N(C4CCN(Cc5ccccc5)CC4)C(=O)[C@@H]3[C@@H]2C[C@H]2C(=O)N(Nc3ncc(C(F)(F)F)cc3Cl)C(=O)[C@@]12c1ccc(Cl)cc1. The number of anilines is 1. The number of phenolic OH excluding ortho intramolecular Hbond substituents is 1. The number of hydrogen-bond donors (Lipinski definition) is 2. The Balaban J connectivity index is 1.13. The van der Waals surface area contributed by atoms with E-state index in [1.54, 1.807) is 30.3 Å². The molecular formula is C45H40Cl2F3N5O6. The number of hydrazine groups is 1. The number of aromatic hydroxyl groups is 1. The van der Waals surface area contributed by atoms with E-state index in [0.717, 1.165) is 11.6 Å². The van der Waals surface area contributed by atoms with Gasteiger partial charge in [0.15, 0.2) is 5.82 Å². The van der Waals surface area contributed by atoms with Crippen molar-refractivity contribution < 1.29 is 42.2 Å². The van der Waals surface area contributed by atoms with Crippen molar-refractivity contribution in [2.75, 3.05) is 25.6 Å². The minimum atomic E-state index is -4.76. The van der Waals surface area contributed by atoms with Crippen molar-refractivity contribution >= 4 is 52.6 Å². The Morgan fingerprint density at radius 1 is 0.918 bits per heavy atom. The quantitative estimate of drug-likeness (QED) is 0.135. The van der Waals surface area contributed by atoms with Crippen LogP contribution in [-0.2, 0) is 37.3 Å². The highest BCUT2D eigenvalue weighted by molar-refractivity contribution is 6.33. The third-order valence-corrected chi connectivity index (χ3v) is 13.8. The number of phenols is 1. The Labute approximate surface area is 359 Å². The number of nitrogens with zero attached hydrogens (tertiary/aromatic N) is 4. The van der Waals surface area contributed by atoms with Crippen molar-refractivity contribution in [3.63, 3.8) is 0 Å². The highest BCUT2D eigenvalue weighted by Crippen LogP contribution is 2.65. The molecule has 0 unspecified atom stereocenters. The second kappa shape index (κ2) is 15.5. The molecule has 6 atom stereocenters. The maximum absolute atomic E-state index is 15.5. The highest BCUT2D eigenvalue weighted by Gasteiger charge is 2.71. The third kappa shape index (κ3) is 6.74. The first-order valence-corrected chi connectivity index (χ1v) is 20.8. The molecule has 0 spiro atoms. The Kier molecular flexibility index (Phi) is 10.4. The number of hydrogen-bond acceptors (Lipinski definition) is 9. The molecule has 3 saturated heterocycles. The van der Waals surface area contributed by atoms with Gasteiger partial charge in [-0.15, -0.1) is 0 Å². The predicted octanol–water partition coefficient (Wildman–Crippen LogP) is 7.77. The van der Waals surface area contributed by atoms with Gasteiger partial charge in [0.2, 0.25) is 11.8 Å². The fourth-order valence-corrected chi connectivity index (χ4v) is 11.0. The number of pyridine rings is 1. The van der Waals surface area contributed by atoms with Crippen LogP contribution in [0.5, 0.6) is 11.5 Å². The second-order valence-electron chi connectivity index (χ2n) is 16.4. The van der Waals surface area contributed by atoms with Crippen LogP contribution in [-0.4, -0.2) is 74.8 Å². The molecule has 0 bridgehead atoms. The lowest BCUT2D eigenvalue weighted by atomic mass is 9.49. The molecule has 316 valence electrons. The first-order valence-electron chi connectivity index (χ1n) is 20.1. The van der Waals surface area contributed by atoms with Crippen molar-refractivity contribution in [1.29, 1.82) is 0 Å². The molecule has 0 radical (unpaired) electrons. The zero-order valence-corrected chi connectivity index (χ0v) is 34.3. The van der Waals surface area contributed by atoms with Crippen LogP contribution in [0.4, 0.5) is 19.0 Å². The maximum atomic E-state index is 15.5. The minimum absolute atomic E-state index is 0.0220. The standard InChI is InChI=1S/C45H40Cl2F3N5O6/c1-61-36-20-29(56)11-12-31(36)38-30-13-14-32-37(42(59)54(40(32)57)28-15-17-53(18-16-28)23-24-5-3-2-4-6-24)33(30)21-34-41(58)55(43(60)44(34,38)25-7-9-27(46)10-8-25)52-39-35(47)19-26(22-51-39)45(48,49)50/h2-13,19-20,22,28,32-34,37-38,56H,14-18,21,23H2,1H3,(H,51,52)/t32-,33+,34-,37-,38+,44+/m0/s1. The summed E-state index contributed by atoms with van der Waals surface area (Å²) in [6.45, 7) is 2.16. The Bertz CT molecular complexity index is 2460. The average molecular weight is 875 g/mol. The molecule has 3 aromatic carbocycles. The largest absolute Gasteiger partial charge is 0.508 e. The lowest BCUT2D eigenvalue weighted by Gasteiger charge is -2.50. The van der Waals surface area contributed by atoms with E-state index >= 15 is 9.59 Å². The average Bonchev–Trinajstić information content (AvgIpc) is 3.62. The van der Waals surface area contributed by atoms with Crippen molar-refractivity contribution in [3.8, 4) is 11.5 Å². The number of likely N-dealkylation sites (tertiary alicyclic amines) is 2. The maximum Gasteiger partial charge on any atom is 0.417 e. The van der Waals surface area contributed by atoms with E-state index in [2.05, 4.69) is 27.4 Å². The van der Waals surface area contributed by atoms with Gasteiger partial charge in [0.25, 0.3) is 11.8 Å². The molecule has 4 fully saturated rings. The first kappa shape index (κ1) is 40.9. The monoisotopic (exact) mass is 873 g/mol. The molecule has 4 heterocycles. The number of carbonyl (C=O) groups is 4. The lowest BCUT2D eigenvalue weighted by Crippen LogP contribution is -2.53. The number of benzene rings is 3. The fourth-order valence-electron chi connectivity index (χ4n) is 10.6. The molecular weight excluding hydrogens is 834 g/mol. The summed E-state index contributed by atoms with van der Waals surface area (Å²) in [5.74, 6) is -6.74. The summed E-state index contributed by atoms with van der Waals surface area (Å²) < 4.78 is 46.5. The minimum Gasteiger partial charge on any atom is -0.508 e. The van der Waals surface area contributed by atoms with Crippen LogP contribution in [0, 0.1) is 23.7 Å². The lowest BCUT2D eigenvalue weighted by molar-refractivity contribution is -0.144. The van der Waals surface area contributed by atoms with Gasteiger partial charge in [-0.2, -0.15) is 18.2 Å². The summed E-state index contributed by atoms with van der Waals surface area (Å²) in [7, 11) is 1.41. The number of amides is 4. The van der Waals surface area contributed by atoms with Gasteiger partial charge in [-0.05, 0) is 67.0 Å². The number of fused-ring (bicyclic) bond motifs is 4. The molecule has 9 rings (SSSR count). The smallest absolute Gasteiger partial charge is 0.417 e. The summed E-state index contributed by atoms with van der Waals surface area (Å²) in [5, 5.41) is 11.2. The number of alkyl halides is 3. The molecule has 1 aromatic heterocycles. The van der Waals surface area contributed by atoms with Crippen molar-refractivity contribution in [2.45, 2.75) is 55.8 Å². The summed E-state index contributed by atoms with van der Waals surface area (Å²) in [5.41, 5.74) is 2.43. The normalized spacial score (nSPS) is 26.9. The number of halogens is 5. The van der Waals surface area contributed by atoms with Crippen LogP contribution in [0.15, 0.2) is 96.7 Å². The Morgan fingerprint density at radius 3 is 2.31 bits per heavy atom. The van der Waals surface area contributed by atoms with E-state index < -0.39 is 63.6 Å². The second-order valence-corrected chi connectivity index (χ2v) is 17.2. The van der Waals surface area contributed by atoms with Crippen LogP contribution in [0.3, 0.4) is 0 Å². The molecule has 1 saturated carbocycles. The van der Waals surface area contributed by atoms with E-state index in [4.69, 9.17) is 27.9 Å². The van der Waals surface area contributed by atoms with Gasteiger partial charge in [-0.1, -0.05) is 83.4 Å². The molecule has 16 heteroatoms. The first-order chi connectivity index (χ1) is 29.2. The van der Waals surface area contributed by atoms with Gasteiger partial charge in [0.05, 0.1) is 40.9 Å². The van der Waals surface area contributed by atoms with Gasteiger partial charge in [0, 0.05) is 54.4 Å². The number of ether oxygens (including phenoxy) is 1. The number of carbonyl (C=O) groups excluding carboxylic acids is 4. The summed E-state index contributed by atoms with van der Waals surface area (Å²) >= 11 is 12.7. The highest BCUT2D eigenvalue weighted by atomic mass is 35.5. The number of aromatic nitrogens is 1. The van der Waals surface area contributed by atoms with Gasteiger partial charge >= 0.3 is 6.18 Å². The van der Waals surface area contributed by atoms with Gasteiger partial charge in [0.1, 0.15) is 11.5 Å². The van der Waals surface area contributed by atoms with E-state index in [-0.39, 0.29) is 48.0 Å². The topological polar surface area (TPSA) is 132 Å². The van der Waals surface area contributed by atoms with E-state index in [1.807, 2.05) is 24.3 Å². The molecule has 5 aliphatic rings. The van der Waals surface area contributed by atoms with Crippen molar-refractivity contribution in [2.24, 2.45) is 23.7 Å². The van der Waals surface area contributed by atoms with Gasteiger partial charge in [-0.3, -0.25) is 34.4 Å². The molecule has 2 N–H and O–H groups in total. The van der Waals surface area contributed by atoms with Crippen LogP contribution in [0.25, 0.3) is 0 Å². The summed E-state index contributed by atoms with van der Waals surface area (Å²) in [6, 6.07) is 21.4. The molecule has 3 aliphatic heterocycles. The number of methoxy groups -OCH3 is 1. The summed E-state index contributed by atoms with van der Waals surface area (Å²) in [4.78, 5) is 67.4. The molecule has 11 nitrogen and oxygen atoms in total. The van der Waals surface area contributed by atoms with Crippen LogP contribution >= 0.6 is 23.2 Å². The molecule has 2 aliphatic carbocycles.